The molecule has 0 aliphatic rings. The second-order valence-electron chi connectivity index (χ2n) is 8.47. The second-order valence-corrected chi connectivity index (χ2v) is 9.45. The van der Waals surface area contributed by atoms with E-state index in [4.69, 9.17) is 4.98 Å². The topological polar surface area (TPSA) is 63.1 Å². The fourth-order valence-corrected chi connectivity index (χ4v) is 4.59. The normalized spacial score (nSPS) is 12.2. The summed E-state index contributed by atoms with van der Waals surface area (Å²) < 4.78 is 2.91. The Balaban J connectivity index is 1.49. The van der Waals surface area contributed by atoms with E-state index in [2.05, 4.69) is 61.5 Å². The number of hydrogen-bond acceptors (Lipinski definition) is 5. The van der Waals surface area contributed by atoms with Crippen molar-refractivity contribution >= 4 is 32.7 Å². The molecule has 2 aromatic carbocycles. The minimum atomic E-state index is -0.0529. The van der Waals surface area contributed by atoms with E-state index in [0.717, 1.165) is 32.4 Å². The van der Waals surface area contributed by atoms with Crippen LogP contribution >= 0.6 is 11.3 Å². The van der Waals surface area contributed by atoms with Gasteiger partial charge >= 0.3 is 0 Å². The van der Waals surface area contributed by atoms with Gasteiger partial charge in [0.05, 0.1) is 28.7 Å². The SMILES string of the molecule is Cc1ccc(-n2nc(C)c3sc(N(C)CC(=O)N[C@H](C)c4ccc(C)c(C)c4)nc32)cc1. The Kier molecular flexibility index (Phi) is 6.02. The molecule has 2 heterocycles. The number of aromatic nitrogens is 3. The number of nitrogens with one attached hydrogen (secondary N) is 1. The van der Waals surface area contributed by atoms with Crippen LogP contribution in [0.4, 0.5) is 5.13 Å². The van der Waals surface area contributed by atoms with Crippen LogP contribution in [0, 0.1) is 27.7 Å². The van der Waals surface area contributed by atoms with Crippen LogP contribution in [-0.2, 0) is 4.79 Å². The standard InChI is InChI=1S/C25H29N5OS/c1-15-7-11-21(12-8-15)30-24-23(19(5)28-30)32-25(27-24)29(6)14-22(31)26-18(4)20-10-9-16(2)17(3)13-20/h7-13,18H,14H2,1-6H3,(H,26,31)/t18-/m1/s1. The van der Waals surface area contributed by atoms with Crippen molar-refractivity contribution in [3.8, 4) is 5.69 Å². The summed E-state index contributed by atoms with van der Waals surface area (Å²) in [5.41, 5.74) is 7.53. The zero-order chi connectivity index (χ0) is 23.0. The van der Waals surface area contributed by atoms with Crippen molar-refractivity contribution in [3.05, 3.63) is 70.4 Å². The highest BCUT2D eigenvalue weighted by Crippen LogP contribution is 2.32. The van der Waals surface area contributed by atoms with E-state index in [-0.39, 0.29) is 18.5 Å². The third-order valence-electron chi connectivity index (χ3n) is 5.77. The maximum Gasteiger partial charge on any atom is 0.240 e. The molecule has 1 atom stereocenters. The van der Waals surface area contributed by atoms with Crippen molar-refractivity contribution in [2.45, 2.75) is 40.7 Å². The lowest BCUT2D eigenvalue weighted by Gasteiger charge is -2.19. The summed E-state index contributed by atoms with van der Waals surface area (Å²) in [6.07, 6.45) is 0. The van der Waals surface area contributed by atoms with E-state index >= 15 is 0 Å². The van der Waals surface area contributed by atoms with Crippen molar-refractivity contribution in [1.29, 1.82) is 0 Å². The Morgan fingerprint density at radius 1 is 1.09 bits per heavy atom. The van der Waals surface area contributed by atoms with Gasteiger partial charge in [-0.15, -0.1) is 0 Å². The highest BCUT2D eigenvalue weighted by Gasteiger charge is 2.19. The molecule has 6 nitrogen and oxygen atoms in total. The van der Waals surface area contributed by atoms with E-state index in [9.17, 15) is 4.79 Å². The summed E-state index contributed by atoms with van der Waals surface area (Å²) in [6.45, 7) is 10.5. The van der Waals surface area contributed by atoms with Crippen LogP contribution in [0.5, 0.6) is 0 Å². The average Bonchev–Trinajstić information content (AvgIpc) is 3.31. The van der Waals surface area contributed by atoms with Crippen LogP contribution in [0.3, 0.4) is 0 Å². The molecule has 7 heteroatoms. The van der Waals surface area contributed by atoms with Gasteiger partial charge in [-0.2, -0.15) is 10.1 Å². The second kappa shape index (κ2) is 8.74. The van der Waals surface area contributed by atoms with E-state index < -0.39 is 0 Å². The Bertz CT molecular complexity index is 1270. The van der Waals surface area contributed by atoms with Gasteiger partial charge in [0.25, 0.3) is 0 Å². The van der Waals surface area contributed by atoms with Gasteiger partial charge < -0.3 is 10.2 Å². The van der Waals surface area contributed by atoms with Gasteiger partial charge in [0.15, 0.2) is 10.8 Å². The summed E-state index contributed by atoms with van der Waals surface area (Å²) in [6, 6.07) is 14.5. The molecule has 0 saturated heterocycles. The van der Waals surface area contributed by atoms with Crippen molar-refractivity contribution in [3.63, 3.8) is 0 Å². The summed E-state index contributed by atoms with van der Waals surface area (Å²) in [5.74, 6) is -0.0330. The number of nitrogens with zero attached hydrogens (tertiary/aromatic N) is 4. The number of carbonyl (C=O) groups is 1. The minimum absolute atomic E-state index is 0.0330. The first kappa shape index (κ1) is 22.0. The van der Waals surface area contributed by atoms with Crippen molar-refractivity contribution in [2.24, 2.45) is 0 Å². The number of aryl methyl sites for hydroxylation is 4. The highest BCUT2D eigenvalue weighted by molar-refractivity contribution is 7.22. The molecule has 0 saturated carbocycles. The lowest BCUT2D eigenvalue weighted by Crippen LogP contribution is -2.36. The largest absolute Gasteiger partial charge is 0.348 e. The monoisotopic (exact) mass is 447 g/mol. The highest BCUT2D eigenvalue weighted by atomic mass is 32.1. The smallest absolute Gasteiger partial charge is 0.240 e. The van der Waals surface area contributed by atoms with E-state index in [1.165, 1.54) is 16.7 Å². The van der Waals surface area contributed by atoms with Crippen LogP contribution in [0.2, 0.25) is 0 Å². The molecule has 0 bridgehead atoms. The van der Waals surface area contributed by atoms with E-state index in [0.29, 0.717) is 0 Å². The summed E-state index contributed by atoms with van der Waals surface area (Å²) in [4.78, 5) is 19.4. The van der Waals surface area contributed by atoms with E-state index in [1.54, 1.807) is 11.3 Å². The molecule has 0 radical (unpaired) electrons. The van der Waals surface area contributed by atoms with E-state index in [1.807, 2.05) is 42.6 Å². The lowest BCUT2D eigenvalue weighted by molar-refractivity contribution is -0.120. The zero-order valence-electron chi connectivity index (χ0n) is 19.4. The van der Waals surface area contributed by atoms with Gasteiger partial charge in [0.1, 0.15) is 0 Å². The molecule has 4 rings (SSSR count). The average molecular weight is 448 g/mol. The number of thiazole rings is 1. The van der Waals surface area contributed by atoms with Crippen molar-refractivity contribution in [2.75, 3.05) is 18.5 Å². The molecule has 0 aliphatic heterocycles. The fourth-order valence-electron chi connectivity index (χ4n) is 3.64. The number of benzene rings is 2. The first-order chi connectivity index (χ1) is 15.2. The Hall–Kier alpha value is -3.19. The first-order valence-corrected chi connectivity index (χ1v) is 11.6. The Morgan fingerprint density at radius 3 is 2.50 bits per heavy atom. The molecule has 32 heavy (non-hydrogen) atoms. The van der Waals surface area contributed by atoms with Gasteiger partial charge in [-0.3, -0.25) is 4.79 Å². The minimum Gasteiger partial charge on any atom is -0.348 e. The molecule has 166 valence electrons. The molecular formula is C25H29N5OS. The molecule has 0 spiro atoms. The Morgan fingerprint density at radius 2 is 1.81 bits per heavy atom. The molecular weight excluding hydrogens is 418 g/mol. The van der Waals surface area contributed by atoms with Gasteiger partial charge in [-0.1, -0.05) is 47.2 Å². The Labute approximate surface area is 192 Å². The zero-order valence-corrected chi connectivity index (χ0v) is 20.2. The molecule has 1 N–H and O–H groups in total. The van der Waals surface area contributed by atoms with Crippen LogP contribution < -0.4 is 10.2 Å². The third kappa shape index (κ3) is 4.39. The lowest BCUT2D eigenvalue weighted by atomic mass is 10.0. The molecule has 1 amide bonds. The summed E-state index contributed by atoms with van der Waals surface area (Å²) >= 11 is 1.56. The molecule has 0 fully saturated rings. The predicted molar refractivity (Wildman–Crippen MR) is 132 cm³/mol. The van der Waals surface area contributed by atoms with Gasteiger partial charge in [0.2, 0.25) is 5.91 Å². The van der Waals surface area contributed by atoms with Gasteiger partial charge in [-0.05, 0) is 63.4 Å². The maximum absolute atomic E-state index is 12.7. The summed E-state index contributed by atoms with van der Waals surface area (Å²) in [5, 5.41) is 8.57. The van der Waals surface area contributed by atoms with Crippen LogP contribution in [0.15, 0.2) is 42.5 Å². The van der Waals surface area contributed by atoms with Crippen LogP contribution in [-0.4, -0.2) is 34.3 Å². The number of amides is 1. The maximum atomic E-state index is 12.7. The molecule has 4 aromatic rings. The van der Waals surface area contributed by atoms with Gasteiger partial charge in [-0.25, -0.2) is 4.68 Å². The number of likely N-dealkylation sites (N-methyl/N-ethyl adjacent to an activating group) is 1. The van der Waals surface area contributed by atoms with Crippen molar-refractivity contribution in [1.82, 2.24) is 20.1 Å². The number of carbonyl (C=O) groups excluding carboxylic acids is 1. The quantitative estimate of drug-likeness (QED) is 0.450. The number of hydrogen-bond donors (Lipinski definition) is 1. The van der Waals surface area contributed by atoms with Crippen molar-refractivity contribution < 1.29 is 4.79 Å². The number of rotatable bonds is 6. The fraction of sp³-hybridized carbons (Fsp3) is 0.320. The summed E-state index contributed by atoms with van der Waals surface area (Å²) in [7, 11) is 1.90. The number of fused-ring (bicyclic) bond motifs is 1. The third-order valence-corrected chi connectivity index (χ3v) is 7.04. The van der Waals surface area contributed by atoms with Gasteiger partial charge in [0, 0.05) is 7.05 Å². The molecule has 2 aromatic heterocycles. The first-order valence-electron chi connectivity index (χ1n) is 10.7. The van der Waals surface area contributed by atoms with Crippen LogP contribution in [0.25, 0.3) is 16.0 Å². The molecule has 0 aliphatic carbocycles. The predicted octanol–water partition coefficient (Wildman–Crippen LogP) is 5.03. The number of anilines is 1. The molecule has 0 unspecified atom stereocenters. The van der Waals surface area contributed by atoms with Crippen LogP contribution in [0.1, 0.15) is 40.9 Å².